The van der Waals surface area contributed by atoms with Gasteiger partial charge in [0.15, 0.2) is 0 Å². The molecule has 0 saturated heterocycles. The monoisotopic (exact) mass is 350 g/mol. The van der Waals surface area contributed by atoms with Gasteiger partial charge in [0.1, 0.15) is 0 Å². The van der Waals surface area contributed by atoms with Gasteiger partial charge in [-0.05, 0) is 61.8 Å². The number of nitrogens with one attached hydrogen (secondary N) is 1. The van der Waals surface area contributed by atoms with Gasteiger partial charge in [0.25, 0.3) is 5.91 Å². The van der Waals surface area contributed by atoms with Crippen molar-refractivity contribution in [3.8, 4) is 0 Å². The zero-order valence-electron chi connectivity index (χ0n) is 17.1. The summed E-state index contributed by atoms with van der Waals surface area (Å²) in [6.45, 7) is 15.1. The largest absolute Gasteiger partial charge is 0.394 e. The molecule has 1 rings (SSSR count). The zero-order valence-corrected chi connectivity index (χ0v) is 17.1. The van der Waals surface area contributed by atoms with E-state index in [-0.39, 0.29) is 12.5 Å². The van der Waals surface area contributed by atoms with Gasteiger partial charge in [0.05, 0.1) is 6.61 Å². The molecule has 144 valence electrons. The highest BCUT2D eigenvalue weighted by atomic mass is 16.3. The van der Waals surface area contributed by atoms with E-state index < -0.39 is 5.54 Å². The molecule has 0 spiro atoms. The summed E-state index contributed by atoms with van der Waals surface area (Å²) < 4.78 is 0. The van der Waals surface area contributed by atoms with Crippen LogP contribution in [-0.4, -0.2) is 29.7 Å². The molecule has 4 heteroatoms. The number of nitrogens with two attached hydrogens (primary N) is 1. The molecular weight excluding hydrogens is 312 g/mol. The molecule has 0 aliphatic rings. The van der Waals surface area contributed by atoms with Crippen molar-refractivity contribution in [1.29, 1.82) is 0 Å². The molecule has 0 bridgehead atoms. The Labute approximate surface area is 154 Å². The maximum atomic E-state index is 12.2. The maximum Gasteiger partial charge on any atom is 0.251 e. The van der Waals surface area contributed by atoms with Gasteiger partial charge in [-0.25, -0.2) is 0 Å². The topological polar surface area (TPSA) is 75.3 Å². The van der Waals surface area contributed by atoms with Crippen molar-refractivity contribution < 1.29 is 9.90 Å². The lowest BCUT2D eigenvalue weighted by Gasteiger charge is -2.12. The third-order valence-electron chi connectivity index (χ3n) is 3.77. The molecule has 4 N–H and O–H groups in total. The van der Waals surface area contributed by atoms with Gasteiger partial charge in [-0.15, -0.1) is 0 Å². The number of amides is 1. The van der Waals surface area contributed by atoms with E-state index in [1.807, 2.05) is 12.1 Å². The van der Waals surface area contributed by atoms with Gasteiger partial charge in [0.2, 0.25) is 0 Å². The summed E-state index contributed by atoms with van der Waals surface area (Å²) in [5.41, 5.74) is 8.16. The molecule has 0 radical (unpaired) electrons. The summed E-state index contributed by atoms with van der Waals surface area (Å²) in [5.74, 6) is 1.13. The van der Waals surface area contributed by atoms with Crippen molar-refractivity contribution in [2.24, 2.45) is 11.7 Å². The number of carbonyl (C=O) groups excluding carboxylic acids is 1. The Kier molecular flexibility index (Phi) is 10.6. The second-order valence-electron chi connectivity index (χ2n) is 8.06. The Morgan fingerprint density at radius 2 is 1.76 bits per heavy atom. The SMILES string of the molecule is CC(C)(N)CO.CCc1cc(C(=O)NCCC(C)C)cc(C(C)C)c1. The second-order valence-corrected chi connectivity index (χ2v) is 8.06. The van der Waals surface area contributed by atoms with Crippen molar-refractivity contribution in [2.45, 2.75) is 72.8 Å². The van der Waals surface area contributed by atoms with Crippen LogP contribution < -0.4 is 11.1 Å². The van der Waals surface area contributed by atoms with Gasteiger partial charge in [-0.2, -0.15) is 0 Å². The quantitative estimate of drug-likeness (QED) is 0.699. The van der Waals surface area contributed by atoms with E-state index in [4.69, 9.17) is 10.8 Å². The molecule has 1 aromatic rings. The van der Waals surface area contributed by atoms with E-state index in [0.717, 1.165) is 24.9 Å². The predicted molar refractivity (Wildman–Crippen MR) is 107 cm³/mol. The van der Waals surface area contributed by atoms with Crippen LogP contribution in [0.3, 0.4) is 0 Å². The van der Waals surface area contributed by atoms with Gasteiger partial charge >= 0.3 is 0 Å². The number of hydrogen-bond acceptors (Lipinski definition) is 3. The molecule has 0 saturated carbocycles. The molecule has 0 fully saturated rings. The molecule has 0 aromatic heterocycles. The minimum atomic E-state index is -0.403. The highest BCUT2D eigenvalue weighted by Gasteiger charge is 2.10. The highest BCUT2D eigenvalue weighted by molar-refractivity contribution is 5.94. The number of benzene rings is 1. The summed E-state index contributed by atoms with van der Waals surface area (Å²) >= 11 is 0. The molecule has 0 aliphatic carbocycles. The number of aliphatic hydroxyl groups excluding tert-OH is 1. The first kappa shape index (κ1) is 23.6. The Morgan fingerprint density at radius 3 is 2.16 bits per heavy atom. The maximum absolute atomic E-state index is 12.2. The third kappa shape index (κ3) is 11.0. The average molecular weight is 351 g/mol. The lowest BCUT2D eigenvalue weighted by molar-refractivity contribution is 0.0952. The van der Waals surface area contributed by atoms with E-state index >= 15 is 0 Å². The number of hydrogen-bond donors (Lipinski definition) is 3. The van der Waals surface area contributed by atoms with Gasteiger partial charge in [0, 0.05) is 17.6 Å². The van der Waals surface area contributed by atoms with Crippen LogP contribution in [0.4, 0.5) is 0 Å². The zero-order chi connectivity index (χ0) is 19.6. The first-order chi connectivity index (χ1) is 11.5. The lowest BCUT2D eigenvalue weighted by atomic mass is 9.96. The van der Waals surface area contributed by atoms with Crippen LogP contribution in [-0.2, 0) is 6.42 Å². The molecule has 0 unspecified atom stereocenters. The Hall–Kier alpha value is -1.39. The fraction of sp³-hybridized carbons (Fsp3) is 0.667. The molecule has 0 atom stereocenters. The van der Waals surface area contributed by atoms with Crippen LogP contribution in [0, 0.1) is 5.92 Å². The van der Waals surface area contributed by atoms with Crippen LogP contribution in [0.1, 0.15) is 82.3 Å². The summed E-state index contributed by atoms with van der Waals surface area (Å²) in [4.78, 5) is 12.2. The van der Waals surface area contributed by atoms with Crippen molar-refractivity contribution in [1.82, 2.24) is 5.32 Å². The van der Waals surface area contributed by atoms with Crippen LogP contribution in [0.15, 0.2) is 18.2 Å². The van der Waals surface area contributed by atoms with Crippen LogP contribution in [0.2, 0.25) is 0 Å². The van der Waals surface area contributed by atoms with E-state index in [2.05, 4.69) is 46.0 Å². The summed E-state index contributed by atoms with van der Waals surface area (Å²) in [6, 6.07) is 6.24. The van der Waals surface area contributed by atoms with Crippen molar-refractivity contribution in [3.05, 3.63) is 34.9 Å². The Morgan fingerprint density at radius 1 is 1.20 bits per heavy atom. The van der Waals surface area contributed by atoms with Crippen LogP contribution >= 0.6 is 0 Å². The Balaban J connectivity index is 0.000000823. The average Bonchev–Trinajstić information content (AvgIpc) is 2.53. The highest BCUT2D eigenvalue weighted by Crippen LogP contribution is 2.19. The molecule has 25 heavy (non-hydrogen) atoms. The molecule has 1 aromatic carbocycles. The van der Waals surface area contributed by atoms with Crippen LogP contribution in [0.5, 0.6) is 0 Å². The number of rotatable bonds is 7. The van der Waals surface area contributed by atoms with Crippen LogP contribution in [0.25, 0.3) is 0 Å². The smallest absolute Gasteiger partial charge is 0.251 e. The van der Waals surface area contributed by atoms with Crippen molar-refractivity contribution in [2.75, 3.05) is 13.2 Å². The van der Waals surface area contributed by atoms with Gasteiger partial charge < -0.3 is 16.2 Å². The van der Waals surface area contributed by atoms with E-state index in [1.165, 1.54) is 11.1 Å². The first-order valence-electron chi connectivity index (χ1n) is 9.32. The summed E-state index contributed by atoms with van der Waals surface area (Å²) in [7, 11) is 0. The molecule has 0 heterocycles. The minimum absolute atomic E-state index is 0.0486. The number of carbonyl (C=O) groups is 1. The summed E-state index contributed by atoms with van der Waals surface area (Å²) in [5, 5.41) is 11.3. The molecule has 0 aliphatic heterocycles. The second kappa shape index (κ2) is 11.3. The molecule has 1 amide bonds. The van der Waals surface area contributed by atoms with Gasteiger partial charge in [-0.1, -0.05) is 40.7 Å². The fourth-order valence-corrected chi connectivity index (χ4v) is 1.96. The Bertz CT molecular complexity index is 517. The van der Waals surface area contributed by atoms with Gasteiger partial charge in [-0.3, -0.25) is 4.79 Å². The molecule has 4 nitrogen and oxygen atoms in total. The fourth-order valence-electron chi connectivity index (χ4n) is 1.96. The lowest BCUT2D eigenvalue weighted by Crippen LogP contribution is -2.35. The molecular formula is C21H38N2O2. The number of aryl methyl sites for hydroxylation is 1. The standard InChI is InChI=1S/C17H27NO.C4H11NO/c1-6-14-9-15(13(4)5)11-16(10-14)17(19)18-8-7-12(2)3;1-4(2,5)3-6/h9-13H,6-8H2,1-5H3,(H,18,19);6H,3,5H2,1-2H3. The number of aliphatic hydroxyl groups is 1. The van der Waals surface area contributed by atoms with E-state index in [0.29, 0.717) is 11.8 Å². The minimum Gasteiger partial charge on any atom is -0.394 e. The normalized spacial score (nSPS) is 11.3. The predicted octanol–water partition coefficient (Wildman–Crippen LogP) is 3.86. The van der Waals surface area contributed by atoms with Crippen molar-refractivity contribution in [3.63, 3.8) is 0 Å². The summed E-state index contributed by atoms with van der Waals surface area (Å²) in [6.07, 6.45) is 1.99. The van der Waals surface area contributed by atoms with E-state index in [1.54, 1.807) is 13.8 Å². The van der Waals surface area contributed by atoms with Crippen molar-refractivity contribution >= 4 is 5.91 Å². The van der Waals surface area contributed by atoms with E-state index in [9.17, 15) is 4.79 Å². The third-order valence-corrected chi connectivity index (χ3v) is 3.77. The first-order valence-corrected chi connectivity index (χ1v) is 9.32.